The van der Waals surface area contributed by atoms with Crippen molar-refractivity contribution in [2.24, 2.45) is 4.99 Å². The summed E-state index contributed by atoms with van der Waals surface area (Å²) in [4.78, 5) is 19.0. The lowest BCUT2D eigenvalue weighted by molar-refractivity contribution is 0.0724. The van der Waals surface area contributed by atoms with Crippen molar-refractivity contribution < 1.29 is 4.79 Å². The van der Waals surface area contributed by atoms with Gasteiger partial charge in [-0.1, -0.05) is 43.3 Å². The smallest absolute Gasteiger partial charge is 0.253 e. The van der Waals surface area contributed by atoms with E-state index < -0.39 is 0 Å². The maximum Gasteiger partial charge on any atom is 0.253 e. The number of carbonyl (C=O) groups is 1. The van der Waals surface area contributed by atoms with E-state index in [1.165, 1.54) is 17.5 Å². The Morgan fingerprint density at radius 2 is 1.69 bits per heavy atom. The molecule has 0 atom stereocenters. The van der Waals surface area contributed by atoms with E-state index in [-0.39, 0.29) is 5.91 Å². The number of benzene rings is 2. The molecular weight excluding hydrogens is 360 g/mol. The Kier molecular flexibility index (Phi) is 7.68. The van der Waals surface area contributed by atoms with Crippen LogP contribution in [0.15, 0.2) is 53.5 Å². The molecule has 5 nitrogen and oxygen atoms in total. The van der Waals surface area contributed by atoms with Gasteiger partial charge < -0.3 is 15.5 Å². The third kappa shape index (κ3) is 5.83. The molecule has 5 heteroatoms. The summed E-state index contributed by atoms with van der Waals surface area (Å²) in [5.41, 5.74) is 4.47. The van der Waals surface area contributed by atoms with Crippen LogP contribution in [-0.2, 0) is 19.5 Å². The lowest BCUT2D eigenvalue weighted by atomic mass is 10.1. The zero-order valence-corrected chi connectivity index (χ0v) is 17.6. The van der Waals surface area contributed by atoms with E-state index in [9.17, 15) is 4.79 Å². The molecule has 1 amide bonds. The first-order chi connectivity index (χ1) is 14.2. The summed E-state index contributed by atoms with van der Waals surface area (Å²) in [5, 5.41) is 6.74. The van der Waals surface area contributed by atoms with Crippen molar-refractivity contribution in [1.29, 1.82) is 0 Å². The molecule has 0 spiro atoms. The number of hydrogen-bond donors (Lipinski definition) is 2. The topological polar surface area (TPSA) is 56.7 Å². The summed E-state index contributed by atoms with van der Waals surface area (Å²) in [6, 6.07) is 16.4. The first kappa shape index (κ1) is 20.9. The lowest BCUT2D eigenvalue weighted by Crippen LogP contribution is -2.37. The summed E-state index contributed by atoms with van der Waals surface area (Å²) in [6.45, 7) is 5.27. The average Bonchev–Trinajstić information content (AvgIpc) is 2.79. The third-order valence-electron chi connectivity index (χ3n) is 5.45. The van der Waals surface area contributed by atoms with Gasteiger partial charge in [0.25, 0.3) is 5.91 Å². The van der Waals surface area contributed by atoms with Gasteiger partial charge in [0.05, 0.1) is 0 Å². The monoisotopic (exact) mass is 392 g/mol. The normalized spacial score (nSPS) is 14.6. The van der Waals surface area contributed by atoms with Crippen LogP contribution >= 0.6 is 0 Å². The fourth-order valence-corrected chi connectivity index (χ4v) is 3.75. The number of aryl methyl sites for hydroxylation is 1. The molecule has 1 saturated heterocycles. The van der Waals surface area contributed by atoms with Gasteiger partial charge in [-0.25, -0.2) is 0 Å². The summed E-state index contributed by atoms with van der Waals surface area (Å²) < 4.78 is 0. The third-order valence-corrected chi connectivity index (χ3v) is 5.45. The number of carbonyl (C=O) groups excluding carboxylic acids is 1. The predicted molar refractivity (Wildman–Crippen MR) is 119 cm³/mol. The number of piperidine rings is 1. The molecule has 29 heavy (non-hydrogen) atoms. The second-order valence-electron chi connectivity index (χ2n) is 7.45. The molecule has 0 radical (unpaired) electrons. The lowest BCUT2D eigenvalue weighted by Gasteiger charge is -2.26. The van der Waals surface area contributed by atoms with Crippen molar-refractivity contribution in [3.05, 3.63) is 70.8 Å². The van der Waals surface area contributed by atoms with Gasteiger partial charge in [0.15, 0.2) is 5.96 Å². The average molecular weight is 393 g/mol. The molecule has 0 saturated carbocycles. The standard InChI is InChI=1S/C24H32N4O/c1-3-20-11-5-6-12-22(20)18-27-24(25-2)26-17-19-10-9-13-21(16-19)23(29)28-14-7-4-8-15-28/h5-6,9-13,16H,3-4,7-8,14-15,17-18H2,1-2H3,(H2,25,26,27). The van der Waals surface area contributed by atoms with Gasteiger partial charge in [-0.15, -0.1) is 0 Å². The number of aliphatic imine (C=N–C) groups is 1. The van der Waals surface area contributed by atoms with Crippen molar-refractivity contribution in [2.75, 3.05) is 20.1 Å². The molecule has 3 rings (SSSR count). The summed E-state index contributed by atoms with van der Waals surface area (Å²) >= 11 is 0. The zero-order chi connectivity index (χ0) is 20.5. The van der Waals surface area contributed by atoms with Crippen LogP contribution in [0.2, 0.25) is 0 Å². The largest absolute Gasteiger partial charge is 0.352 e. The zero-order valence-electron chi connectivity index (χ0n) is 17.6. The SMILES string of the molecule is CCc1ccccc1CNC(=NC)NCc1cccc(C(=O)N2CCCCC2)c1. The Hall–Kier alpha value is -2.82. The second kappa shape index (κ2) is 10.6. The minimum Gasteiger partial charge on any atom is -0.352 e. The number of nitrogens with zero attached hydrogens (tertiary/aromatic N) is 2. The minimum atomic E-state index is 0.144. The maximum absolute atomic E-state index is 12.7. The van der Waals surface area contributed by atoms with Gasteiger partial charge in [-0.05, 0) is 54.5 Å². The van der Waals surface area contributed by atoms with Crippen molar-refractivity contribution in [3.63, 3.8) is 0 Å². The Bertz CT molecular complexity index is 840. The number of guanidine groups is 1. The van der Waals surface area contributed by atoms with Crippen LogP contribution in [0.5, 0.6) is 0 Å². The van der Waals surface area contributed by atoms with E-state index >= 15 is 0 Å². The molecule has 0 aromatic heterocycles. The number of hydrogen-bond acceptors (Lipinski definition) is 2. The fraction of sp³-hybridized carbons (Fsp3) is 0.417. The van der Waals surface area contributed by atoms with Crippen LogP contribution in [0, 0.1) is 0 Å². The Morgan fingerprint density at radius 3 is 2.41 bits per heavy atom. The molecule has 2 aromatic carbocycles. The first-order valence-electron chi connectivity index (χ1n) is 10.6. The predicted octanol–water partition coefficient (Wildman–Crippen LogP) is 3.74. The van der Waals surface area contributed by atoms with Crippen LogP contribution in [-0.4, -0.2) is 36.9 Å². The van der Waals surface area contributed by atoms with Crippen LogP contribution in [0.3, 0.4) is 0 Å². The first-order valence-corrected chi connectivity index (χ1v) is 10.6. The highest BCUT2D eigenvalue weighted by Crippen LogP contribution is 2.14. The highest BCUT2D eigenvalue weighted by atomic mass is 16.2. The molecule has 1 aliphatic heterocycles. The molecule has 1 fully saturated rings. The Labute approximate surface area is 174 Å². The maximum atomic E-state index is 12.7. The van der Waals surface area contributed by atoms with Crippen molar-refractivity contribution in [2.45, 2.75) is 45.7 Å². The van der Waals surface area contributed by atoms with E-state index in [1.807, 2.05) is 29.2 Å². The van der Waals surface area contributed by atoms with E-state index in [0.717, 1.165) is 56.0 Å². The highest BCUT2D eigenvalue weighted by Gasteiger charge is 2.18. The number of rotatable bonds is 6. The van der Waals surface area contributed by atoms with Crippen LogP contribution in [0.1, 0.15) is 53.2 Å². The summed E-state index contributed by atoms with van der Waals surface area (Å²) in [7, 11) is 1.78. The van der Waals surface area contributed by atoms with Crippen LogP contribution in [0.4, 0.5) is 0 Å². The Balaban J connectivity index is 1.56. The minimum absolute atomic E-state index is 0.144. The number of amides is 1. The van der Waals surface area contributed by atoms with Gasteiger partial charge in [-0.2, -0.15) is 0 Å². The number of likely N-dealkylation sites (tertiary alicyclic amines) is 1. The van der Waals surface area contributed by atoms with Gasteiger partial charge >= 0.3 is 0 Å². The molecule has 154 valence electrons. The summed E-state index contributed by atoms with van der Waals surface area (Å²) in [5.74, 6) is 0.897. The van der Waals surface area contributed by atoms with Gasteiger partial charge in [0, 0.05) is 38.8 Å². The van der Waals surface area contributed by atoms with Crippen LogP contribution < -0.4 is 10.6 Å². The van der Waals surface area contributed by atoms with E-state index in [1.54, 1.807) is 7.05 Å². The van der Waals surface area contributed by atoms with Crippen molar-refractivity contribution >= 4 is 11.9 Å². The van der Waals surface area contributed by atoms with E-state index in [4.69, 9.17) is 0 Å². The van der Waals surface area contributed by atoms with E-state index in [2.05, 4.69) is 46.8 Å². The summed E-state index contributed by atoms with van der Waals surface area (Å²) in [6.07, 6.45) is 4.45. The van der Waals surface area contributed by atoms with Gasteiger partial charge in [-0.3, -0.25) is 9.79 Å². The number of nitrogens with one attached hydrogen (secondary N) is 2. The van der Waals surface area contributed by atoms with Crippen molar-refractivity contribution in [3.8, 4) is 0 Å². The fourth-order valence-electron chi connectivity index (χ4n) is 3.75. The Morgan fingerprint density at radius 1 is 0.966 bits per heavy atom. The molecule has 1 heterocycles. The van der Waals surface area contributed by atoms with Crippen LogP contribution in [0.25, 0.3) is 0 Å². The van der Waals surface area contributed by atoms with Crippen molar-refractivity contribution in [1.82, 2.24) is 15.5 Å². The quantitative estimate of drug-likeness (QED) is 0.582. The molecule has 2 aromatic rings. The van der Waals surface area contributed by atoms with Gasteiger partial charge in [0.2, 0.25) is 0 Å². The molecular formula is C24H32N4O. The molecule has 2 N–H and O–H groups in total. The molecule has 0 unspecified atom stereocenters. The highest BCUT2D eigenvalue weighted by molar-refractivity contribution is 5.94. The van der Waals surface area contributed by atoms with E-state index in [0.29, 0.717) is 6.54 Å². The second-order valence-corrected chi connectivity index (χ2v) is 7.45. The molecule has 0 aliphatic carbocycles. The van der Waals surface area contributed by atoms with Gasteiger partial charge in [0.1, 0.15) is 0 Å². The molecule has 1 aliphatic rings. The molecule has 0 bridgehead atoms.